The second-order valence-electron chi connectivity index (χ2n) is 6.05. The topological polar surface area (TPSA) is 70.4 Å². The first-order valence-electron chi connectivity index (χ1n) is 8.41. The summed E-state index contributed by atoms with van der Waals surface area (Å²) < 4.78 is 5.71. The molecule has 25 heavy (non-hydrogen) atoms. The Bertz CT molecular complexity index is 726. The smallest absolute Gasteiger partial charge is 0.254 e. The minimum Gasteiger partial charge on any atom is -0.455 e. The van der Waals surface area contributed by atoms with Gasteiger partial charge in [-0.05, 0) is 44.0 Å². The van der Waals surface area contributed by atoms with Gasteiger partial charge in [-0.15, -0.1) is 0 Å². The molecule has 0 saturated heterocycles. The fourth-order valence-electron chi connectivity index (χ4n) is 2.59. The van der Waals surface area contributed by atoms with Crippen molar-refractivity contribution in [3.8, 4) is 11.8 Å². The molecule has 2 rings (SSSR count). The molecule has 0 N–H and O–H groups in total. The number of carbonyl (C=O) groups excluding carboxylic acids is 2. The highest BCUT2D eigenvalue weighted by molar-refractivity contribution is 5.94. The maximum Gasteiger partial charge on any atom is 0.254 e. The van der Waals surface area contributed by atoms with Crippen molar-refractivity contribution in [3.05, 3.63) is 53.9 Å². The second kappa shape index (κ2) is 8.84. The number of hydrogen-bond donors (Lipinski definition) is 0. The van der Waals surface area contributed by atoms with Crippen molar-refractivity contribution in [2.24, 2.45) is 0 Å². The highest BCUT2D eigenvalue weighted by Gasteiger charge is 2.27. The Morgan fingerprint density at radius 3 is 2.52 bits per heavy atom. The second-order valence-corrected chi connectivity index (χ2v) is 6.05. The van der Waals surface area contributed by atoms with Gasteiger partial charge in [0, 0.05) is 19.0 Å². The zero-order valence-corrected chi connectivity index (χ0v) is 14.5. The molecular formula is C20H22N2O3. The first-order valence-corrected chi connectivity index (χ1v) is 8.41. The molecule has 0 aliphatic carbocycles. The molecule has 0 unspecified atom stereocenters. The SMILES string of the molecule is C=C1C(Oc2ccc(C#N)cc2)=CC(=O)N1CCCCCCC(C)=O. The Kier molecular flexibility index (Phi) is 6.53. The van der Waals surface area contributed by atoms with Crippen LogP contribution in [0.3, 0.4) is 0 Å². The van der Waals surface area contributed by atoms with Gasteiger partial charge < -0.3 is 14.4 Å². The lowest BCUT2D eigenvalue weighted by Gasteiger charge is -2.18. The number of benzene rings is 1. The minimum absolute atomic E-state index is 0.127. The van der Waals surface area contributed by atoms with E-state index in [0.29, 0.717) is 35.7 Å². The summed E-state index contributed by atoms with van der Waals surface area (Å²) in [5.41, 5.74) is 1.10. The highest BCUT2D eigenvalue weighted by atomic mass is 16.5. The van der Waals surface area contributed by atoms with E-state index in [1.165, 1.54) is 6.08 Å². The van der Waals surface area contributed by atoms with Crippen molar-refractivity contribution >= 4 is 11.7 Å². The van der Waals surface area contributed by atoms with Crippen LogP contribution in [0.5, 0.6) is 5.75 Å². The van der Waals surface area contributed by atoms with Gasteiger partial charge in [0.15, 0.2) is 5.76 Å². The van der Waals surface area contributed by atoms with Crippen molar-refractivity contribution in [2.45, 2.75) is 39.0 Å². The van der Waals surface area contributed by atoms with Crippen molar-refractivity contribution in [1.29, 1.82) is 5.26 Å². The summed E-state index contributed by atoms with van der Waals surface area (Å²) in [7, 11) is 0. The van der Waals surface area contributed by atoms with Gasteiger partial charge in [0.2, 0.25) is 0 Å². The zero-order chi connectivity index (χ0) is 18.2. The predicted molar refractivity (Wildman–Crippen MR) is 94.5 cm³/mol. The Morgan fingerprint density at radius 2 is 1.88 bits per heavy atom. The van der Waals surface area contributed by atoms with Gasteiger partial charge in [-0.25, -0.2) is 0 Å². The molecule has 5 nitrogen and oxygen atoms in total. The van der Waals surface area contributed by atoms with E-state index in [2.05, 4.69) is 6.58 Å². The number of nitriles is 1. The summed E-state index contributed by atoms with van der Waals surface area (Å²) in [4.78, 5) is 24.6. The van der Waals surface area contributed by atoms with Crippen LogP contribution >= 0.6 is 0 Å². The van der Waals surface area contributed by atoms with Gasteiger partial charge >= 0.3 is 0 Å². The summed E-state index contributed by atoms with van der Waals surface area (Å²) in [5.74, 6) is 1.09. The van der Waals surface area contributed by atoms with Crippen molar-refractivity contribution in [3.63, 3.8) is 0 Å². The van der Waals surface area contributed by atoms with E-state index in [1.54, 1.807) is 36.1 Å². The van der Waals surface area contributed by atoms with E-state index in [-0.39, 0.29) is 11.7 Å². The molecule has 1 aromatic rings. The van der Waals surface area contributed by atoms with Gasteiger partial charge in [0.25, 0.3) is 5.91 Å². The zero-order valence-electron chi connectivity index (χ0n) is 14.5. The number of amides is 1. The van der Waals surface area contributed by atoms with Crippen LogP contribution in [-0.4, -0.2) is 23.1 Å². The monoisotopic (exact) mass is 338 g/mol. The van der Waals surface area contributed by atoms with Crippen LogP contribution < -0.4 is 4.74 Å². The first-order chi connectivity index (χ1) is 12.0. The van der Waals surface area contributed by atoms with Crippen molar-refractivity contribution in [1.82, 2.24) is 4.90 Å². The first kappa shape index (κ1) is 18.5. The van der Waals surface area contributed by atoms with Gasteiger partial charge in [-0.3, -0.25) is 4.79 Å². The Hall–Kier alpha value is -2.87. The quantitative estimate of drug-likeness (QED) is 0.644. The van der Waals surface area contributed by atoms with Crippen LogP contribution in [0.4, 0.5) is 0 Å². The lowest BCUT2D eigenvalue weighted by atomic mass is 10.1. The normalized spacial score (nSPS) is 13.6. The van der Waals surface area contributed by atoms with E-state index in [1.807, 2.05) is 6.07 Å². The highest BCUT2D eigenvalue weighted by Crippen LogP contribution is 2.26. The lowest BCUT2D eigenvalue weighted by molar-refractivity contribution is -0.123. The molecule has 0 atom stereocenters. The molecule has 0 saturated carbocycles. The number of ether oxygens (including phenoxy) is 1. The third-order valence-corrected chi connectivity index (χ3v) is 4.00. The molecule has 1 aliphatic rings. The maximum atomic E-state index is 12.1. The van der Waals surface area contributed by atoms with E-state index >= 15 is 0 Å². The number of unbranched alkanes of at least 4 members (excludes halogenated alkanes) is 3. The van der Waals surface area contributed by atoms with Gasteiger partial charge in [0.1, 0.15) is 11.5 Å². The van der Waals surface area contributed by atoms with Crippen LogP contribution in [0.1, 0.15) is 44.6 Å². The van der Waals surface area contributed by atoms with Crippen LogP contribution in [0.15, 0.2) is 48.4 Å². The van der Waals surface area contributed by atoms with Crippen LogP contribution in [0.25, 0.3) is 0 Å². The molecule has 0 spiro atoms. The van der Waals surface area contributed by atoms with Gasteiger partial charge in [-0.2, -0.15) is 5.26 Å². The largest absolute Gasteiger partial charge is 0.455 e. The average Bonchev–Trinajstić information content (AvgIpc) is 2.85. The van der Waals surface area contributed by atoms with Crippen molar-refractivity contribution in [2.75, 3.05) is 6.54 Å². The Balaban J connectivity index is 1.81. The summed E-state index contributed by atoms with van der Waals surface area (Å²) in [6.07, 6.45) is 5.78. The molecule has 5 heteroatoms. The van der Waals surface area contributed by atoms with Crippen LogP contribution in [0.2, 0.25) is 0 Å². The molecule has 1 heterocycles. The molecule has 130 valence electrons. The predicted octanol–water partition coefficient (Wildman–Crippen LogP) is 3.72. The van der Waals surface area contributed by atoms with Crippen molar-refractivity contribution < 1.29 is 14.3 Å². The molecule has 1 aliphatic heterocycles. The third kappa shape index (κ3) is 5.32. The molecule has 0 aromatic heterocycles. The number of Topliss-reactive ketones (excluding diaryl/α,β-unsaturated/α-hetero) is 1. The van der Waals surface area contributed by atoms with Gasteiger partial charge in [-0.1, -0.05) is 19.4 Å². The fourth-order valence-corrected chi connectivity index (χ4v) is 2.59. The van der Waals surface area contributed by atoms with Gasteiger partial charge in [0.05, 0.1) is 17.3 Å². The third-order valence-electron chi connectivity index (χ3n) is 4.00. The molecule has 0 bridgehead atoms. The van der Waals surface area contributed by atoms with Crippen LogP contribution in [-0.2, 0) is 9.59 Å². The molecular weight excluding hydrogens is 316 g/mol. The minimum atomic E-state index is -0.127. The fraction of sp³-hybridized carbons (Fsp3) is 0.350. The van der Waals surface area contributed by atoms with E-state index in [0.717, 1.165) is 25.7 Å². The molecule has 1 amide bonds. The number of ketones is 1. The molecule has 0 fully saturated rings. The average molecular weight is 338 g/mol. The summed E-state index contributed by atoms with van der Waals surface area (Å²) >= 11 is 0. The van der Waals surface area contributed by atoms with E-state index in [9.17, 15) is 9.59 Å². The summed E-state index contributed by atoms with van der Waals surface area (Å²) in [6, 6.07) is 8.75. The van der Waals surface area contributed by atoms with Crippen LogP contribution in [0, 0.1) is 11.3 Å². The van der Waals surface area contributed by atoms with E-state index in [4.69, 9.17) is 10.00 Å². The number of hydrogen-bond acceptors (Lipinski definition) is 4. The lowest BCUT2D eigenvalue weighted by Crippen LogP contribution is -2.25. The number of rotatable bonds is 9. The summed E-state index contributed by atoms with van der Waals surface area (Å²) in [6.45, 7) is 6.15. The Labute approximate surface area is 148 Å². The standard InChI is InChI=1S/C20H22N2O3/c1-15(23)7-5-3-4-6-12-22-16(2)19(13-20(22)24)25-18-10-8-17(14-21)9-11-18/h8-11,13H,2-7,12H2,1H3. The number of carbonyl (C=O) groups is 2. The molecule has 0 radical (unpaired) electrons. The van der Waals surface area contributed by atoms with E-state index < -0.39 is 0 Å². The maximum absolute atomic E-state index is 12.1. The molecule has 1 aromatic carbocycles. The Morgan fingerprint density at radius 1 is 1.20 bits per heavy atom. The summed E-state index contributed by atoms with van der Waals surface area (Å²) in [5, 5.41) is 8.80. The number of nitrogens with zero attached hydrogens (tertiary/aromatic N) is 2.